The highest BCUT2D eigenvalue weighted by atomic mass is 16.3. The highest BCUT2D eigenvalue weighted by Crippen LogP contribution is 2.23. The van der Waals surface area contributed by atoms with E-state index in [0.717, 1.165) is 0 Å². The summed E-state index contributed by atoms with van der Waals surface area (Å²) in [6.45, 7) is 12.0. The lowest BCUT2D eigenvalue weighted by molar-refractivity contribution is -0.136. The molecule has 46 nitrogen and oxygen atoms in total. The van der Waals surface area contributed by atoms with Gasteiger partial charge in [0.15, 0.2) is 11.9 Å². The Morgan fingerprint density at radius 1 is 0.353 bits per heavy atom. The van der Waals surface area contributed by atoms with Crippen LogP contribution < -0.4 is 113 Å². The number of phenols is 2. The zero-order valence-electron chi connectivity index (χ0n) is 85.3. The number of fused-ring (bicyclic) bond motifs is 1. The second-order valence-corrected chi connectivity index (χ2v) is 38.0. The Labute approximate surface area is 868 Å². The lowest BCUT2D eigenvalue weighted by Gasteiger charge is -2.29. The zero-order valence-corrected chi connectivity index (χ0v) is 85.3. The van der Waals surface area contributed by atoms with Gasteiger partial charge in [-0.25, -0.2) is 0 Å². The normalized spacial score (nSPS) is 13.7. The standard InChI is InChI=1S/C104H141N27O19/c1-59(2)46-79(92(140)115-57-88(137)118-78(90(106)138)48-67-35-39-71(134)40-36-67)121-93(141)77(34-23-44-112-104(109)110)120-96(144)83(52-68-37-41-72(135)42-38-68)123-99(147)84(51-66-28-16-11-17-29-66)127-102(150)89(61(5)6)128-94(142)76(116-62(7)132)32-20-21-45-131-58-70(129-130-131)54-86(117-63(8)133)101(149)125-82(50-65-26-14-10-15-27-65)98(146)126-85(53-69-55-113-74-31-19-18-30-73(69)74)100(148)124-81(49-64-24-12-9-13-25-64)97(145)122-80(47-60(3)4)95(143)119-75(33-22-43-111-103(107)108)91(139)114-56-87(105)136/h9-19,24-31,35-42,55,58-61,75-86,89,113,134-135H,20-23,32-34,43-54,56-57H2,1-8H3,(H2,105,136)(H2,106,138)(H,114,139)(H,115,140)(H,116,132)(H,117,133)(H,118,137)(H,119,143)(H,120,144)(H,121,141)(H,122,145)(H,123,147)(H,124,148)(H,125,149)(H,126,146)(H,127,150)(H,128,142)(H4,107,108,111)(H4,109,110,112)/t75-,76?,77-,78-,79-,80-,81-,82-,83-,84-,85-,86-,89-/m0/s1. The van der Waals surface area contributed by atoms with Gasteiger partial charge in [-0.15, -0.1) is 5.10 Å². The van der Waals surface area contributed by atoms with E-state index < -0.39 is 198 Å². The van der Waals surface area contributed by atoms with Crippen LogP contribution in [-0.2, 0) is 133 Å². The highest BCUT2D eigenvalue weighted by Gasteiger charge is 2.39. The van der Waals surface area contributed by atoms with E-state index in [1.165, 1.54) is 73.3 Å². The Morgan fingerprint density at radius 2 is 0.700 bits per heavy atom. The van der Waals surface area contributed by atoms with Crippen molar-refractivity contribution in [3.05, 3.63) is 215 Å². The van der Waals surface area contributed by atoms with Crippen molar-refractivity contribution in [2.45, 2.75) is 243 Å². The molecule has 1 unspecified atom stereocenters. The Balaban J connectivity index is 0.956. The van der Waals surface area contributed by atoms with Crippen molar-refractivity contribution in [3.63, 3.8) is 0 Å². The summed E-state index contributed by atoms with van der Waals surface area (Å²) in [7, 11) is 0. The largest absolute Gasteiger partial charge is 0.508 e. The molecule has 0 fully saturated rings. The minimum absolute atomic E-state index is 0.00165. The van der Waals surface area contributed by atoms with Crippen LogP contribution in [0, 0.1) is 28.6 Å². The van der Waals surface area contributed by atoms with Crippen LogP contribution in [0.5, 0.6) is 11.5 Å². The van der Waals surface area contributed by atoms with E-state index in [-0.39, 0.29) is 157 Å². The van der Waals surface area contributed by atoms with Crippen molar-refractivity contribution in [3.8, 4) is 11.5 Å². The molecule has 17 amide bonds. The molecule has 0 aliphatic heterocycles. The van der Waals surface area contributed by atoms with Crippen LogP contribution in [0.4, 0.5) is 0 Å². The summed E-state index contributed by atoms with van der Waals surface area (Å²) in [5, 5.41) is 90.4. The summed E-state index contributed by atoms with van der Waals surface area (Å²) in [6.07, 6.45) is 2.71. The lowest BCUT2D eigenvalue weighted by Crippen LogP contribution is -2.61. The number of carbonyl (C=O) groups is 17. The molecule has 0 bridgehead atoms. The number of aryl methyl sites for hydroxylation is 1. The van der Waals surface area contributed by atoms with Crippen LogP contribution >= 0.6 is 0 Å². The quantitative estimate of drug-likeness (QED) is 0.0126. The number of aromatic nitrogens is 4. The molecule has 46 heteroatoms. The summed E-state index contributed by atoms with van der Waals surface area (Å²) < 4.78 is 1.45. The van der Waals surface area contributed by atoms with Crippen LogP contribution in [0.1, 0.15) is 152 Å². The Hall–Kier alpha value is -16.9. The molecule has 2 aromatic heterocycles. The van der Waals surface area contributed by atoms with Gasteiger partial charge in [-0.1, -0.05) is 180 Å². The monoisotopic (exact) mass is 2070 g/mol. The molecule has 0 spiro atoms. The first kappa shape index (κ1) is 118. The number of amides is 17. The van der Waals surface area contributed by atoms with Crippen LogP contribution in [0.15, 0.2) is 176 Å². The fourth-order valence-corrected chi connectivity index (χ4v) is 16.5. The number of hydrogen-bond donors (Lipinski definition) is 26. The summed E-state index contributed by atoms with van der Waals surface area (Å²) in [5.41, 5.74) is 26.1. The molecule has 0 saturated carbocycles. The van der Waals surface area contributed by atoms with Gasteiger partial charge in [-0.2, -0.15) is 0 Å². The van der Waals surface area contributed by atoms with Crippen molar-refractivity contribution >= 4 is 123 Å². The number of nitrogens with zero attached hydrogens (tertiary/aromatic N) is 3. The number of phenolic OH excluding ortho intramolecular Hbond substituents is 2. The number of para-hydroxylation sites is 1. The first-order chi connectivity index (χ1) is 71.4. The molecular formula is C104H141N27O19. The number of aromatic hydroxyl groups is 2. The van der Waals surface area contributed by atoms with E-state index in [4.69, 9.17) is 33.8 Å². The van der Waals surface area contributed by atoms with E-state index >= 15 is 24.0 Å². The minimum Gasteiger partial charge on any atom is -0.508 e. The first-order valence-corrected chi connectivity index (χ1v) is 49.7. The topological polar surface area (TPSA) is 733 Å². The van der Waals surface area contributed by atoms with Crippen LogP contribution in [0.25, 0.3) is 10.9 Å². The number of primary amides is 2. The smallest absolute Gasteiger partial charge is 0.243 e. The van der Waals surface area contributed by atoms with E-state index in [0.29, 0.717) is 50.7 Å². The molecule has 150 heavy (non-hydrogen) atoms. The number of nitrogens with two attached hydrogens (primary N) is 4. The molecule has 0 radical (unpaired) electrons. The van der Waals surface area contributed by atoms with Gasteiger partial charge in [0.2, 0.25) is 100 Å². The number of nitrogens with one attached hydrogen (secondary N) is 20. The van der Waals surface area contributed by atoms with Gasteiger partial charge >= 0.3 is 0 Å². The Morgan fingerprint density at radius 3 is 1.13 bits per heavy atom. The maximum Gasteiger partial charge on any atom is 0.243 e. The van der Waals surface area contributed by atoms with Crippen molar-refractivity contribution in [1.82, 2.24) is 110 Å². The predicted octanol–water partition coefficient (Wildman–Crippen LogP) is -0.840. The average Bonchev–Trinajstić information content (AvgIpc) is 1.75. The molecule has 8 aromatic rings. The second kappa shape index (κ2) is 60.3. The van der Waals surface area contributed by atoms with E-state index in [1.54, 1.807) is 151 Å². The summed E-state index contributed by atoms with van der Waals surface area (Å²) in [6, 6.07) is 26.5. The molecule has 806 valence electrons. The van der Waals surface area contributed by atoms with Gasteiger partial charge in [-0.3, -0.25) is 97.0 Å². The number of unbranched alkanes of at least 4 members (excludes halogenated alkanes) is 1. The third kappa shape index (κ3) is 41.6. The molecule has 8 rings (SSSR count). The number of benzene rings is 6. The summed E-state index contributed by atoms with van der Waals surface area (Å²) >= 11 is 0. The van der Waals surface area contributed by atoms with Crippen molar-refractivity contribution in [2.24, 2.45) is 40.7 Å². The fraction of sp³-hybridized carbons (Fsp3) is 0.433. The lowest BCUT2D eigenvalue weighted by atomic mass is 9.99. The van der Waals surface area contributed by atoms with Crippen molar-refractivity contribution in [1.29, 1.82) is 10.8 Å². The second-order valence-electron chi connectivity index (χ2n) is 38.0. The van der Waals surface area contributed by atoms with Gasteiger partial charge in [0, 0.05) is 102 Å². The van der Waals surface area contributed by atoms with Gasteiger partial charge in [0.25, 0.3) is 0 Å². The minimum atomic E-state index is -1.55. The number of hydrogen-bond acceptors (Lipinski definition) is 23. The maximum atomic E-state index is 15.4. The summed E-state index contributed by atoms with van der Waals surface area (Å²) in [4.78, 5) is 244. The molecule has 0 saturated heterocycles. The SMILES string of the molecule is CC(=O)NC(CCCCn1cc(C[C@H](NC(C)=O)C(=O)N[C@@H](Cc2ccccc2)C(=O)N[C@@H](Cc2c[nH]c3ccccc23)C(=O)N[C@@H](Cc2ccccc2)C(=O)N[C@@H](CC(C)C)C(=O)N[C@@H](CCCNC(=N)N)C(=O)NCC(N)=O)nn1)C(=O)N[C@H](C(=O)N[C@@H](Cc1ccccc1)C(=O)N[C@@H](Cc1ccc(O)cc1)C(=O)N[C@@H](CCCNC(=N)N)C(=O)N[C@@H](CC(C)C)C(=O)NCC(=O)N[C@@H](Cc1ccc(O)cc1)C(N)=O)C(C)C. The number of rotatable bonds is 62. The molecule has 13 atom stereocenters. The van der Waals surface area contributed by atoms with Crippen LogP contribution in [0.2, 0.25) is 0 Å². The molecule has 30 N–H and O–H groups in total. The number of H-pyrrole nitrogens is 1. The Kier molecular flexibility index (Phi) is 47.6. The molecule has 0 aliphatic rings. The van der Waals surface area contributed by atoms with Crippen molar-refractivity contribution < 1.29 is 91.7 Å². The number of guanidine groups is 2. The van der Waals surface area contributed by atoms with Gasteiger partial charge < -0.3 is 129 Å². The van der Waals surface area contributed by atoms with E-state index in [1.807, 2.05) is 12.1 Å². The van der Waals surface area contributed by atoms with E-state index in [9.17, 15) is 67.7 Å². The van der Waals surface area contributed by atoms with Gasteiger partial charge in [0.05, 0.1) is 18.8 Å². The average molecular weight is 2070 g/mol. The molecule has 2 heterocycles. The van der Waals surface area contributed by atoms with E-state index in [2.05, 4.69) is 106 Å². The van der Waals surface area contributed by atoms with Gasteiger partial charge in [-0.05, 0) is 139 Å². The third-order valence-electron chi connectivity index (χ3n) is 24.1. The maximum absolute atomic E-state index is 15.4. The summed E-state index contributed by atoms with van der Waals surface area (Å²) in [5.74, 6) is -15.9. The third-order valence-corrected chi connectivity index (χ3v) is 24.1. The zero-order chi connectivity index (χ0) is 110. The number of aromatic amines is 1. The predicted molar refractivity (Wildman–Crippen MR) is 557 cm³/mol. The van der Waals surface area contributed by atoms with Gasteiger partial charge in [0.1, 0.15) is 90.0 Å². The number of carbonyl (C=O) groups excluding carboxylic acids is 17. The highest BCUT2D eigenvalue weighted by molar-refractivity contribution is 6.01. The Bertz CT molecular complexity index is 5910. The fourth-order valence-electron chi connectivity index (χ4n) is 16.5. The van der Waals surface area contributed by atoms with Crippen molar-refractivity contribution in [2.75, 3.05) is 26.2 Å². The molecular weight excluding hydrogens is 1930 g/mol. The molecule has 6 aromatic carbocycles. The van der Waals surface area contributed by atoms with Crippen LogP contribution in [0.3, 0.4) is 0 Å². The first-order valence-electron chi connectivity index (χ1n) is 49.7. The molecule has 0 aliphatic carbocycles. The van der Waals surface area contributed by atoms with Crippen LogP contribution in [-0.4, -0.2) is 247 Å².